The van der Waals surface area contributed by atoms with Gasteiger partial charge in [0.1, 0.15) is 0 Å². The van der Waals surface area contributed by atoms with Crippen LogP contribution in [0, 0.1) is 6.92 Å². The number of carbonyl (C=O) groups is 1. The van der Waals surface area contributed by atoms with E-state index in [0.717, 1.165) is 17.8 Å². The normalized spacial score (nSPS) is 10.8. The van der Waals surface area contributed by atoms with Crippen LogP contribution in [0.15, 0.2) is 91.1 Å². The van der Waals surface area contributed by atoms with Crippen LogP contribution in [0.1, 0.15) is 22.4 Å². The number of aryl methyl sites for hydroxylation is 1. The van der Waals surface area contributed by atoms with Crippen molar-refractivity contribution in [3.8, 4) is 0 Å². The van der Waals surface area contributed by atoms with Crippen LogP contribution in [-0.2, 0) is 19.6 Å². The minimum Gasteiger partial charge on any atom is -0.345 e. The molecule has 0 fully saturated rings. The Hall–Kier alpha value is -3.21. The maximum atomic E-state index is 13.3. The van der Waals surface area contributed by atoms with E-state index in [1.165, 1.54) is 11.1 Å². The molecule has 0 saturated carbocycles. The average molecular weight is 478 g/mol. The second-order valence-electron chi connectivity index (χ2n) is 7.95. The van der Waals surface area contributed by atoms with Crippen molar-refractivity contribution in [2.45, 2.75) is 26.6 Å². The lowest BCUT2D eigenvalue weighted by Gasteiger charge is -2.24. The largest absolute Gasteiger partial charge is 0.345 e. The second kappa shape index (κ2) is 10.6. The molecular weight excluding hydrogens is 453 g/mol. The number of nitrogens with one attached hydrogen (secondary N) is 1. The molecule has 1 heterocycles. The van der Waals surface area contributed by atoms with Crippen LogP contribution >= 0.6 is 23.2 Å². The minimum absolute atomic E-state index is 0.208. The number of nitrogens with zero attached hydrogens (tertiary/aromatic N) is 2. The lowest BCUT2D eigenvalue weighted by molar-refractivity contribution is 0.205. The van der Waals surface area contributed by atoms with Gasteiger partial charge in [-0.25, -0.2) is 4.79 Å². The Morgan fingerprint density at radius 2 is 1.64 bits per heavy atom. The van der Waals surface area contributed by atoms with Gasteiger partial charge in [-0.2, -0.15) is 0 Å². The highest BCUT2D eigenvalue weighted by Crippen LogP contribution is 2.25. The third kappa shape index (κ3) is 5.98. The van der Waals surface area contributed by atoms with Crippen molar-refractivity contribution in [1.29, 1.82) is 0 Å². The second-order valence-corrected chi connectivity index (χ2v) is 8.77. The van der Waals surface area contributed by atoms with Crippen molar-refractivity contribution in [2.24, 2.45) is 0 Å². The molecular formula is C27H25Cl2N3O. The Labute approximate surface area is 204 Å². The van der Waals surface area contributed by atoms with Crippen molar-refractivity contribution in [2.75, 3.05) is 5.32 Å². The molecule has 4 aromatic rings. The molecule has 0 aliphatic carbocycles. The van der Waals surface area contributed by atoms with E-state index in [4.69, 9.17) is 23.2 Å². The van der Waals surface area contributed by atoms with Gasteiger partial charge >= 0.3 is 6.03 Å². The molecule has 0 aliphatic heterocycles. The van der Waals surface area contributed by atoms with Crippen molar-refractivity contribution < 1.29 is 4.79 Å². The first-order chi connectivity index (χ1) is 16.0. The molecule has 0 radical (unpaired) electrons. The van der Waals surface area contributed by atoms with E-state index in [-0.39, 0.29) is 6.03 Å². The first kappa shape index (κ1) is 23.0. The molecule has 1 aromatic heterocycles. The quantitative estimate of drug-likeness (QED) is 0.296. The van der Waals surface area contributed by atoms with Crippen LogP contribution in [0.2, 0.25) is 10.0 Å². The number of hydrogen-bond donors (Lipinski definition) is 1. The molecule has 4 rings (SSSR count). The SMILES string of the molecule is Cc1ccccc1Cn1cccc1CN(Cc1ccccc1)C(=O)Nc1ccc(Cl)c(Cl)c1. The van der Waals surface area contributed by atoms with E-state index in [0.29, 0.717) is 28.8 Å². The summed E-state index contributed by atoms with van der Waals surface area (Å²) in [6.45, 7) is 3.80. The van der Waals surface area contributed by atoms with Crippen LogP contribution < -0.4 is 5.32 Å². The van der Waals surface area contributed by atoms with Gasteiger partial charge in [-0.15, -0.1) is 0 Å². The molecule has 0 spiro atoms. The van der Waals surface area contributed by atoms with Gasteiger partial charge in [0.25, 0.3) is 0 Å². The number of amides is 2. The van der Waals surface area contributed by atoms with Crippen LogP contribution in [-0.4, -0.2) is 15.5 Å². The molecule has 0 saturated heterocycles. The van der Waals surface area contributed by atoms with Crippen molar-refractivity contribution in [3.05, 3.63) is 124 Å². The van der Waals surface area contributed by atoms with Gasteiger partial charge in [0.15, 0.2) is 0 Å². The highest BCUT2D eigenvalue weighted by Gasteiger charge is 2.17. The fourth-order valence-corrected chi connectivity index (χ4v) is 3.99. The average Bonchev–Trinajstić information content (AvgIpc) is 3.24. The number of hydrogen-bond acceptors (Lipinski definition) is 1. The third-order valence-corrected chi connectivity index (χ3v) is 6.29. The van der Waals surface area contributed by atoms with E-state index >= 15 is 0 Å². The number of rotatable bonds is 7. The topological polar surface area (TPSA) is 37.3 Å². The number of halogens is 2. The zero-order valence-electron chi connectivity index (χ0n) is 18.3. The summed E-state index contributed by atoms with van der Waals surface area (Å²) in [5.41, 5.74) is 5.21. The standard InChI is InChI=1S/C27H25Cl2N3O/c1-20-8-5-6-11-22(20)18-31-15-7-12-24(31)19-32(17-21-9-3-2-4-10-21)27(33)30-23-13-14-25(28)26(29)16-23/h2-16H,17-19H2,1H3,(H,30,33). The number of anilines is 1. The van der Waals surface area contributed by atoms with Crippen LogP contribution in [0.25, 0.3) is 0 Å². The van der Waals surface area contributed by atoms with Crippen molar-refractivity contribution in [3.63, 3.8) is 0 Å². The van der Waals surface area contributed by atoms with Gasteiger partial charge in [-0.05, 0) is 53.9 Å². The zero-order chi connectivity index (χ0) is 23.2. The molecule has 3 aromatic carbocycles. The van der Waals surface area contributed by atoms with E-state index in [9.17, 15) is 4.79 Å². The fourth-order valence-electron chi connectivity index (χ4n) is 3.69. The molecule has 0 bridgehead atoms. The van der Waals surface area contributed by atoms with Gasteiger partial charge in [0.05, 0.1) is 16.6 Å². The van der Waals surface area contributed by atoms with Gasteiger partial charge < -0.3 is 14.8 Å². The molecule has 168 valence electrons. The van der Waals surface area contributed by atoms with E-state index in [2.05, 4.69) is 47.3 Å². The number of carbonyl (C=O) groups excluding carboxylic acids is 1. The Morgan fingerprint density at radius 3 is 2.39 bits per heavy atom. The summed E-state index contributed by atoms with van der Waals surface area (Å²) in [5.74, 6) is 0. The van der Waals surface area contributed by atoms with Crippen LogP contribution in [0.5, 0.6) is 0 Å². The van der Waals surface area contributed by atoms with Gasteiger partial charge in [0.2, 0.25) is 0 Å². The summed E-state index contributed by atoms with van der Waals surface area (Å²) >= 11 is 12.2. The van der Waals surface area contributed by atoms with E-state index < -0.39 is 0 Å². The smallest absolute Gasteiger partial charge is 0.322 e. The van der Waals surface area contributed by atoms with Gasteiger partial charge in [0, 0.05) is 30.7 Å². The molecule has 6 heteroatoms. The maximum Gasteiger partial charge on any atom is 0.322 e. The van der Waals surface area contributed by atoms with Crippen LogP contribution in [0.3, 0.4) is 0 Å². The molecule has 0 unspecified atom stereocenters. The number of aromatic nitrogens is 1. The highest BCUT2D eigenvalue weighted by atomic mass is 35.5. The first-order valence-electron chi connectivity index (χ1n) is 10.7. The summed E-state index contributed by atoms with van der Waals surface area (Å²) in [6.07, 6.45) is 2.05. The molecule has 1 N–H and O–H groups in total. The summed E-state index contributed by atoms with van der Waals surface area (Å²) in [7, 11) is 0. The highest BCUT2D eigenvalue weighted by molar-refractivity contribution is 6.42. The summed E-state index contributed by atoms with van der Waals surface area (Å²) in [6, 6.07) is 27.3. The Bertz CT molecular complexity index is 1240. The number of urea groups is 1. The van der Waals surface area contributed by atoms with Crippen molar-refractivity contribution >= 4 is 34.9 Å². The van der Waals surface area contributed by atoms with E-state index in [1.807, 2.05) is 42.5 Å². The first-order valence-corrected chi connectivity index (χ1v) is 11.5. The lowest BCUT2D eigenvalue weighted by Crippen LogP contribution is -2.34. The molecule has 0 atom stereocenters. The van der Waals surface area contributed by atoms with Crippen LogP contribution in [0.4, 0.5) is 10.5 Å². The summed E-state index contributed by atoms with van der Waals surface area (Å²) < 4.78 is 2.19. The predicted octanol–water partition coefficient (Wildman–Crippen LogP) is 7.39. The Kier molecular flexibility index (Phi) is 7.38. The molecule has 0 aliphatic rings. The molecule has 33 heavy (non-hydrogen) atoms. The zero-order valence-corrected chi connectivity index (χ0v) is 19.9. The Morgan fingerprint density at radius 1 is 0.879 bits per heavy atom. The summed E-state index contributed by atoms with van der Waals surface area (Å²) in [4.78, 5) is 15.1. The molecule has 2 amide bonds. The third-order valence-electron chi connectivity index (χ3n) is 5.55. The molecule has 4 nitrogen and oxygen atoms in total. The maximum absolute atomic E-state index is 13.3. The van der Waals surface area contributed by atoms with E-state index in [1.54, 1.807) is 23.1 Å². The Balaban J connectivity index is 1.56. The number of benzene rings is 3. The lowest BCUT2D eigenvalue weighted by atomic mass is 10.1. The van der Waals surface area contributed by atoms with Gasteiger partial charge in [-0.1, -0.05) is 77.8 Å². The predicted molar refractivity (Wildman–Crippen MR) is 136 cm³/mol. The summed E-state index contributed by atoms with van der Waals surface area (Å²) in [5, 5.41) is 3.80. The van der Waals surface area contributed by atoms with Crippen molar-refractivity contribution in [1.82, 2.24) is 9.47 Å². The minimum atomic E-state index is -0.208. The fraction of sp³-hybridized carbons (Fsp3) is 0.148. The van der Waals surface area contributed by atoms with Gasteiger partial charge in [-0.3, -0.25) is 0 Å². The monoisotopic (exact) mass is 477 g/mol.